The molecule has 30 heavy (non-hydrogen) atoms. The zero-order valence-electron chi connectivity index (χ0n) is 19.3. The summed E-state index contributed by atoms with van der Waals surface area (Å²) in [5.74, 6) is 0.614. The van der Waals surface area contributed by atoms with Crippen molar-refractivity contribution in [3.63, 3.8) is 0 Å². The van der Waals surface area contributed by atoms with Crippen molar-refractivity contribution in [3.05, 3.63) is 34.9 Å². The normalized spacial score (nSPS) is 38.6. The van der Waals surface area contributed by atoms with Crippen LogP contribution in [0.1, 0.15) is 97.8 Å². The van der Waals surface area contributed by atoms with Gasteiger partial charge in [-0.2, -0.15) is 0 Å². The minimum absolute atomic E-state index is 0.291. The van der Waals surface area contributed by atoms with Gasteiger partial charge in [-0.05, 0) is 108 Å². The average Bonchev–Trinajstić information content (AvgIpc) is 3.31. The highest BCUT2D eigenvalue weighted by molar-refractivity contribution is 5.39. The van der Waals surface area contributed by atoms with Gasteiger partial charge < -0.3 is 15.3 Å². The van der Waals surface area contributed by atoms with E-state index in [2.05, 4.69) is 25.2 Å². The van der Waals surface area contributed by atoms with E-state index in [4.69, 9.17) is 0 Å². The molecule has 4 atom stereocenters. The summed E-state index contributed by atoms with van der Waals surface area (Å²) in [5.41, 5.74) is 4.65. The van der Waals surface area contributed by atoms with Gasteiger partial charge >= 0.3 is 0 Å². The maximum atomic E-state index is 10.1. The van der Waals surface area contributed by atoms with Gasteiger partial charge in [0.25, 0.3) is 0 Å². The first-order valence-corrected chi connectivity index (χ1v) is 12.3. The van der Waals surface area contributed by atoms with Gasteiger partial charge in [0.05, 0.1) is 17.8 Å². The fourth-order valence-corrected chi connectivity index (χ4v) is 6.84. The average molecular weight is 415 g/mol. The maximum Gasteiger partial charge on any atom is 0.0602 e. The molecule has 4 aliphatic rings. The van der Waals surface area contributed by atoms with Crippen LogP contribution in [-0.4, -0.2) is 33.1 Å². The van der Waals surface area contributed by atoms with Crippen LogP contribution < -0.4 is 0 Å². The molecule has 3 nitrogen and oxygen atoms in total. The van der Waals surface area contributed by atoms with Crippen molar-refractivity contribution in [2.75, 3.05) is 0 Å². The lowest BCUT2D eigenvalue weighted by molar-refractivity contribution is 0.0608. The molecule has 3 fully saturated rings. The molecule has 0 aromatic heterocycles. The predicted molar refractivity (Wildman–Crippen MR) is 122 cm³/mol. The highest BCUT2D eigenvalue weighted by Crippen LogP contribution is 2.67. The summed E-state index contributed by atoms with van der Waals surface area (Å²) in [6, 6.07) is 0. The van der Waals surface area contributed by atoms with E-state index in [9.17, 15) is 15.3 Å². The van der Waals surface area contributed by atoms with Gasteiger partial charge in [-0.1, -0.05) is 41.9 Å². The molecule has 0 spiro atoms. The molecule has 168 valence electrons. The minimum Gasteiger partial charge on any atom is -0.393 e. The molecule has 4 rings (SSSR count). The van der Waals surface area contributed by atoms with Gasteiger partial charge in [0, 0.05) is 0 Å². The largest absolute Gasteiger partial charge is 0.393 e. The first kappa shape index (κ1) is 22.3. The fourth-order valence-electron chi connectivity index (χ4n) is 6.84. The van der Waals surface area contributed by atoms with Gasteiger partial charge in [-0.25, -0.2) is 0 Å². The molecule has 0 radical (unpaired) electrons. The van der Waals surface area contributed by atoms with Crippen molar-refractivity contribution in [1.29, 1.82) is 0 Å². The SMILES string of the molecule is CC(C)(O)CCCC1(C2=CCC3C(=CC=C4CC(O)C[C@H](O)C4)CCC[C@]23C)CC1. The number of hydrogen-bond acceptors (Lipinski definition) is 3. The second-order valence-corrected chi connectivity index (χ2v) is 11.6. The highest BCUT2D eigenvalue weighted by atomic mass is 16.3. The van der Waals surface area contributed by atoms with Gasteiger partial charge in [-0.15, -0.1) is 0 Å². The molecule has 0 aromatic rings. The van der Waals surface area contributed by atoms with E-state index in [1.54, 1.807) is 11.1 Å². The van der Waals surface area contributed by atoms with Crippen molar-refractivity contribution in [3.8, 4) is 0 Å². The van der Waals surface area contributed by atoms with E-state index in [0.717, 1.165) is 12.8 Å². The van der Waals surface area contributed by atoms with Crippen molar-refractivity contribution >= 4 is 0 Å². The number of rotatable bonds is 6. The molecule has 0 saturated heterocycles. The molecule has 0 bridgehead atoms. The third-order valence-electron chi connectivity index (χ3n) is 8.49. The smallest absolute Gasteiger partial charge is 0.0602 e. The molecule has 3 saturated carbocycles. The maximum absolute atomic E-state index is 10.1. The van der Waals surface area contributed by atoms with E-state index in [1.165, 1.54) is 50.5 Å². The van der Waals surface area contributed by atoms with Gasteiger partial charge in [0.1, 0.15) is 0 Å². The molecule has 2 unspecified atom stereocenters. The molecule has 3 heteroatoms. The summed E-state index contributed by atoms with van der Waals surface area (Å²) in [7, 11) is 0. The third kappa shape index (κ3) is 4.64. The Morgan fingerprint density at radius 1 is 1.10 bits per heavy atom. The molecule has 0 aromatic carbocycles. The summed E-state index contributed by atoms with van der Waals surface area (Å²) >= 11 is 0. The van der Waals surface area contributed by atoms with Crippen molar-refractivity contribution in [1.82, 2.24) is 0 Å². The van der Waals surface area contributed by atoms with Gasteiger partial charge in [0.15, 0.2) is 0 Å². The van der Waals surface area contributed by atoms with Crippen LogP contribution in [0.5, 0.6) is 0 Å². The van der Waals surface area contributed by atoms with Crippen LogP contribution in [0, 0.1) is 16.7 Å². The van der Waals surface area contributed by atoms with Crippen LogP contribution in [0.2, 0.25) is 0 Å². The van der Waals surface area contributed by atoms with Crippen LogP contribution in [0.4, 0.5) is 0 Å². The Labute approximate surface area is 183 Å². The number of aliphatic hydroxyl groups excluding tert-OH is 2. The second kappa shape index (κ2) is 8.22. The molecular formula is C27H42O3. The van der Waals surface area contributed by atoms with Crippen LogP contribution >= 0.6 is 0 Å². The molecule has 0 heterocycles. The quantitative estimate of drug-likeness (QED) is 0.496. The van der Waals surface area contributed by atoms with E-state index < -0.39 is 17.8 Å². The zero-order chi connectivity index (χ0) is 21.6. The zero-order valence-corrected chi connectivity index (χ0v) is 19.3. The predicted octanol–water partition coefficient (Wildman–Crippen LogP) is 5.60. The molecule has 0 aliphatic heterocycles. The number of aliphatic hydroxyl groups is 3. The second-order valence-electron chi connectivity index (χ2n) is 11.6. The fraction of sp³-hybridized carbons (Fsp3) is 0.778. The monoisotopic (exact) mass is 414 g/mol. The van der Waals surface area contributed by atoms with Crippen molar-refractivity contribution in [2.24, 2.45) is 16.7 Å². The van der Waals surface area contributed by atoms with Gasteiger partial charge in [-0.3, -0.25) is 0 Å². The van der Waals surface area contributed by atoms with E-state index >= 15 is 0 Å². The Morgan fingerprint density at radius 3 is 2.43 bits per heavy atom. The summed E-state index contributed by atoms with van der Waals surface area (Å²) in [6.45, 7) is 6.37. The van der Waals surface area contributed by atoms with Gasteiger partial charge in [0.2, 0.25) is 0 Å². The summed E-state index contributed by atoms with van der Waals surface area (Å²) in [5, 5.41) is 30.1. The number of allylic oxidation sites excluding steroid dienone is 5. The number of fused-ring (bicyclic) bond motifs is 1. The van der Waals surface area contributed by atoms with Crippen LogP contribution in [-0.2, 0) is 0 Å². The Hall–Kier alpha value is -0.900. The molecule has 0 amide bonds. The van der Waals surface area contributed by atoms with E-state index in [0.29, 0.717) is 36.0 Å². The lowest BCUT2D eigenvalue weighted by Crippen LogP contribution is -2.33. The molecule has 4 aliphatic carbocycles. The topological polar surface area (TPSA) is 60.7 Å². The Kier molecular flexibility index (Phi) is 6.11. The molecule has 3 N–H and O–H groups in total. The first-order valence-electron chi connectivity index (χ1n) is 12.3. The minimum atomic E-state index is -0.554. The summed E-state index contributed by atoms with van der Waals surface area (Å²) < 4.78 is 0. The van der Waals surface area contributed by atoms with Crippen LogP contribution in [0.15, 0.2) is 34.9 Å². The van der Waals surface area contributed by atoms with Crippen LogP contribution in [0.25, 0.3) is 0 Å². The Morgan fingerprint density at radius 2 is 1.80 bits per heavy atom. The summed E-state index contributed by atoms with van der Waals surface area (Å²) in [6.07, 6.45) is 19.0. The standard InChI is InChI=1S/C27H42O3/c1-25(2,30)11-5-13-27(14-15-27)24-10-9-23-20(6-4-12-26(23,24)3)8-7-19-16-21(28)18-22(29)17-19/h7-8,10,21-23,28-30H,4-6,9,11-18H2,1-3H3/t21-,22?,23?,26+/m1/s1. The van der Waals surface area contributed by atoms with E-state index in [-0.39, 0.29) is 0 Å². The van der Waals surface area contributed by atoms with Crippen LogP contribution in [0.3, 0.4) is 0 Å². The molecular weight excluding hydrogens is 372 g/mol. The summed E-state index contributed by atoms with van der Waals surface area (Å²) in [4.78, 5) is 0. The van der Waals surface area contributed by atoms with Crippen molar-refractivity contribution < 1.29 is 15.3 Å². The Bertz CT molecular complexity index is 722. The lowest BCUT2D eigenvalue weighted by Gasteiger charge is -2.43. The highest BCUT2D eigenvalue weighted by Gasteiger charge is 2.56. The van der Waals surface area contributed by atoms with E-state index in [1.807, 2.05) is 13.8 Å². The van der Waals surface area contributed by atoms with Crippen molar-refractivity contribution in [2.45, 2.75) is 116 Å². The lowest BCUT2D eigenvalue weighted by atomic mass is 9.61. The first-order chi connectivity index (χ1) is 14.1. The number of hydrogen-bond donors (Lipinski definition) is 3. The third-order valence-corrected chi connectivity index (χ3v) is 8.49. The Balaban J connectivity index is 1.47.